The molecule has 1 heterocycles. The molecule has 2 aromatic rings. The van der Waals surface area contributed by atoms with Crippen molar-refractivity contribution in [3.63, 3.8) is 0 Å². The predicted molar refractivity (Wildman–Crippen MR) is 107 cm³/mol. The highest BCUT2D eigenvalue weighted by atomic mass is 16.5. The Labute approximate surface area is 158 Å². The number of rotatable bonds is 9. The van der Waals surface area contributed by atoms with Crippen LogP contribution in [0.15, 0.2) is 30.6 Å². The van der Waals surface area contributed by atoms with Crippen molar-refractivity contribution in [2.45, 2.75) is 65.3 Å². The second kappa shape index (κ2) is 8.61. The molecule has 1 unspecified atom stereocenters. The summed E-state index contributed by atoms with van der Waals surface area (Å²) in [6.07, 6.45) is 6.38. The molecule has 4 heteroatoms. The van der Waals surface area contributed by atoms with Gasteiger partial charge in [0.2, 0.25) is 0 Å². The molecule has 0 N–H and O–H groups in total. The van der Waals surface area contributed by atoms with Gasteiger partial charge in [-0.15, -0.1) is 0 Å². The zero-order valence-electron chi connectivity index (χ0n) is 17.4. The largest absolute Gasteiger partial charge is 0.497 e. The molecule has 0 saturated heterocycles. The van der Waals surface area contributed by atoms with E-state index in [0.717, 1.165) is 30.9 Å². The first-order valence-corrected chi connectivity index (χ1v) is 9.51. The van der Waals surface area contributed by atoms with E-state index >= 15 is 0 Å². The molecule has 0 amide bonds. The molecule has 1 aromatic heterocycles. The van der Waals surface area contributed by atoms with Gasteiger partial charge in [-0.25, -0.2) is 0 Å². The van der Waals surface area contributed by atoms with Gasteiger partial charge in [-0.2, -0.15) is 5.10 Å². The van der Waals surface area contributed by atoms with E-state index in [0.29, 0.717) is 11.8 Å². The minimum atomic E-state index is 0.0500. The maximum Gasteiger partial charge on any atom is 0.122 e. The molecule has 0 bridgehead atoms. The van der Waals surface area contributed by atoms with Gasteiger partial charge >= 0.3 is 0 Å². The Kier molecular flexibility index (Phi) is 6.74. The van der Waals surface area contributed by atoms with Crippen molar-refractivity contribution in [3.05, 3.63) is 41.7 Å². The molecule has 4 nitrogen and oxygen atoms in total. The van der Waals surface area contributed by atoms with E-state index in [4.69, 9.17) is 9.47 Å². The fraction of sp³-hybridized carbons (Fsp3) is 0.591. The zero-order valence-corrected chi connectivity index (χ0v) is 17.4. The third-order valence-electron chi connectivity index (χ3n) is 5.16. The average Bonchev–Trinajstić information content (AvgIpc) is 3.08. The van der Waals surface area contributed by atoms with E-state index in [2.05, 4.69) is 62.7 Å². The van der Waals surface area contributed by atoms with E-state index in [1.54, 1.807) is 14.2 Å². The molecular weight excluding hydrogens is 324 g/mol. The summed E-state index contributed by atoms with van der Waals surface area (Å²) in [6, 6.07) is 6.17. The number of nitrogens with zero attached hydrogens (tertiary/aromatic N) is 2. The van der Waals surface area contributed by atoms with Gasteiger partial charge in [-0.3, -0.25) is 4.68 Å². The third-order valence-corrected chi connectivity index (χ3v) is 5.16. The molecule has 2 rings (SSSR count). The summed E-state index contributed by atoms with van der Waals surface area (Å²) < 4.78 is 12.9. The van der Waals surface area contributed by atoms with Crippen molar-refractivity contribution < 1.29 is 9.47 Å². The molecule has 0 saturated carbocycles. The molecular formula is C22H34N2O2. The molecule has 144 valence electrons. The molecule has 0 radical (unpaired) electrons. The van der Waals surface area contributed by atoms with Crippen LogP contribution < -0.4 is 9.47 Å². The molecule has 0 fully saturated rings. The first-order chi connectivity index (χ1) is 12.2. The number of hydrogen-bond donors (Lipinski definition) is 0. The van der Waals surface area contributed by atoms with Gasteiger partial charge in [0.25, 0.3) is 0 Å². The molecule has 0 aliphatic carbocycles. The number of benzene rings is 1. The van der Waals surface area contributed by atoms with Crippen LogP contribution in [0.4, 0.5) is 0 Å². The number of aromatic nitrogens is 2. The van der Waals surface area contributed by atoms with E-state index in [-0.39, 0.29) is 5.41 Å². The lowest BCUT2D eigenvalue weighted by Crippen LogP contribution is -2.21. The van der Waals surface area contributed by atoms with Crippen molar-refractivity contribution in [3.8, 4) is 11.5 Å². The Balaban J connectivity index is 2.01. The third kappa shape index (κ3) is 5.26. The van der Waals surface area contributed by atoms with Crippen LogP contribution >= 0.6 is 0 Å². The zero-order chi connectivity index (χ0) is 19.3. The first-order valence-electron chi connectivity index (χ1n) is 9.51. The van der Waals surface area contributed by atoms with Gasteiger partial charge in [-0.05, 0) is 53.4 Å². The standard InChI is InChI=1S/C22H34N2O2/c1-16(2)18-14-23-24(15-18)9-8-17(3)13-22(4,5)19-10-20(25-6)12-21(11-19)26-7/h10-12,14-17H,8-9,13H2,1-7H3. The van der Waals surface area contributed by atoms with Crippen molar-refractivity contribution in [2.75, 3.05) is 14.2 Å². The minimum absolute atomic E-state index is 0.0500. The molecule has 0 aliphatic rings. The molecule has 1 aromatic carbocycles. The Hall–Kier alpha value is -1.97. The van der Waals surface area contributed by atoms with Crippen LogP contribution in [0.3, 0.4) is 0 Å². The van der Waals surface area contributed by atoms with Gasteiger partial charge in [0.15, 0.2) is 0 Å². The summed E-state index contributed by atoms with van der Waals surface area (Å²) in [5.41, 5.74) is 2.61. The van der Waals surface area contributed by atoms with Crippen LogP contribution in [-0.2, 0) is 12.0 Å². The van der Waals surface area contributed by atoms with Crippen LogP contribution in [0.5, 0.6) is 11.5 Å². The van der Waals surface area contributed by atoms with Crippen LogP contribution in [0.1, 0.15) is 64.5 Å². The molecule has 0 aliphatic heterocycles. The monoisotopic (exact) mass is 358 g/mol. The second-order valence-corrected chi connectivity index (χ2v) is 8.27. The Morgan fingerprint density at radius 3 is 2.15 bits per heavy atom. The number of ether oxygens (including phenoxy) is 2. The minimum Gasteiger partial charge on any atom is -0.497 e. The maximum atomic E-state index is 5.43. The predicted octanol–water partition coefficient (Wildman–Crippen LogP) is 5.42. The Morgan fingerprint density at radius 2 is 1.65 bits per heavy atom. The van der Waals surface area contributed by atoms with E-state index in [1.165, 1.54) is 11.1 Å². The molecule has 26 heavy (non-hydrogen) atoms. The lowest BCUT2D eigenvalue weighted by Gasteiger charge is -2.29. The van der Waals surface area contributed by atoms with Crippen molar-refractivity contribution in [1.29, 1.82) is 0 Å². The number of methoxy groups -OCH3 is 2. The van der Waals surface area contributed by atoms with Crippen LogP contribution in [0, 0.1) is 5.92 Å². The maximum absolute atomic E-state index is 5.43. The fourth-order valence-corrected chi connectivity index (χ4v) is 3.44. The quantitative estimate of drug-likeness (QED) is 0.601. The van der Waals surface area contributed by atoms with Gasteiger partial charge < -0.3 is 9.47 Å². The first kappa shape index (κ1) is 20.3. The highest BCUT2D eigenvalue weighted by Gasteiger charge is 2.25. The summed E-state index contributed by atoms with van der Waals surface area (Å²) in [5, 5.41) is 4.49. The Morgan fingerprint density at radius 1 is 1.04 bits per heavy atom. The van der Waals surface area contributed by atoms with E-state index in [1.807, 2.05) is 12.3 Å². The van der Waals surface area contributed by atoms with Crippen LogP contribution in [-0.4, -0.2) is 24.0 Å². The van der Waals surface area contributed by atoms with E-state index in [9.17, 15) is 0 Å². The van der Waals surface area contributed by atoms with Crippen LogP contribution in [0.25, 0.3) is 0 Å². The second-order valence-electron chi connectivity index (χ2n) is 8.27. The highest BCUT2D eigenvalue weighted by molar-refractivity contribution is 5.41. The molecule has 0 spiro atoms. The Bertz CT molecular complexity index is 682. The summed E-state index contributed by atoms with van der Waals surface area (Å²) in [5.74, 6) is 2.81. The van der Waals surface area contributed by atoms with Gasteiger partial charge in [0, 0.05) is 18.8 Å². The topological polar surface area (TPSA) is 36.3 Å². The highest BCUT2D eigenvalue weighted by Crippen LogP contribution is 2.36. The van der Waals surface area contributed by atoms with Crippen molar-refractivity contribution in [2.24, 2.45) is 5.92 Å². The molecule has 1 atom stereocenters. The van der Waals surface area contributed by atoms with Crippen LogP contribution in [0.2, 0.25) is 0 Å². The summed E-state index contributed by atoms with van der Waals surface area (Å²) in [6.45, 7) is 12.3. The van der Waals surface area contributed by atoms with Gasteiger partial charge in [-0.1, -0.05) is 34.6 Å². The lowest BCUT2D eigenvalue weighted by atomic mass is 9.76. The van der Waals surface area contributed by atoms with E-state index < -0.39 is 0 Å². The van der Waals surface area contributed by atoms with Gasteiger partial charge in [0.05, 0.1) is 20.4 Å². The summed E-state index contributed by atoms with van der Waals surface area (Å²) >= 11 is 0. The number of hydrogen-bond acceptors (Lipinski definition) is 3. The number of aryl methyl sites for hydroxylation is 1. The van der Waals surface area contributed by atoms with Gasteiger partial charge in [0.1, 0.15) is 11.5 Å². The smallest absolute Gasteiger partial charge is 0.122 e. The summed E-state index contributed by atoms with van der Waals surface area (Å²) in [4.78, 5) is 0. The summed E-state index contributed by atoms with van der Waals surface area (Å²) in [7, 11) is 3.40. The lowest BCUT2D eigenvalue weighted by molar-refractivity contribution is 0.339. The van der Waals surface area contributed by atoms with Crippen molar-refractivity contribution in [1.82, 2.24) is 9.78 Å². The van der Waals surface area contributed by atoms with Crippen molar-refractivity contribution >= 4 is 0 Å². The fourth-order valence-electron chi connectivity index (χ4n) is 3.44. The average molecular weight is 359 g/mol. The SMILES string of the molecule is COc1cc(OC)cc(C(C)(C)CC(C)CCn2cc(C(C)C)cn2)c1. The normalized spacial score (nSPS) is 13.1.